The van der Waals surface area contributed by atoms with Gasteiger partial charge in [0.05, 0.1) is 17.4 Å². The van der Waals surface area contributed by atoms with E-state index in [-0.39, 0.29) is 5.91 Å². The highest BCUT2D eigenvalue weighted by molar-refractivity contribution is 6.04. The van der Waals surface area contributed by atoms with Crippen molar-refractivity contribution in [3.05, 3.63) is 47.3 Å². The maximum atomic E-state index is 12.2. The molecule has 0 saturated heterocycles. The molecule has 106 valence electrons. The van der Waals surface area contributed by atoms with Crippen LogP contribution in [-0.4, -0.2) is 20.8 Å². The number of aliphatic hydroxyl groups excluding tert-OH is 1. The molecule has 2 aromatic rings. The fraction of sp³-hybridized carbons (Fsp3) is 0.333. The monoisotopic (exact) mass is 273 g/mol. The molecule has 1 heterocycles. The lowest BCUT2D eigenvalue weighted by Crippen LogP contribution is -2.13. The van der Waals surface area contributed by atoms with Crippen molar-refractivity contribution in [2.45, 2.75) is 26.4 Å². The Kier molecular flexibility index (Phi) is 4.20. The Labute approximate surface area is 118 Å². The summed E-state index contributed by atoms with van der Waals surface area (Å²) in [6.45, 7) is 3.67. The average molecular weight is 273 g/mol. The summed E-state index contributed by atoms with van der Waals surface area (Å²) in [6, 6.07) is 7.15. The Hall–Kier alpha value is -2.14. The standard InChI is InChI=1S/C15H19N3O2/c1-4-14-13(9-18(3)17-14)15(20)16-12-7-5-11(6-8-12)10(2)19/h5-10,19H,4H2,1-3H3,(H,16,20). The summed E-state index contributed by atoms with van der Waals surface area (Å²) >= 11 is 0. The molecule has 5 nitrogen and oxygen atoms in total. The van der Waals surface area contributed by atoms with E-state index in [1.807, 2.05) is 6.92 Å². The number of hydrogen-bond acceptors (Lipinski definition) is 3. The molecule has 0 fully saturated rings. The summed E-state index contributed by atoms with van der Waals surface area (Å²) in [5.74, 6) is -0.167. The van der Waals surface area contributed by atoms with Crippen LogP contribution >= 0.6 is 0 Å². The second-order valence-corrected chi connectivity index (χ2v) is 4.77. The van der Waals surface area contributed by atoms with Gasteiger partial charge in [-0.1, -0.05) is 19.1 Å². The molecule has 1 amide bonds. The number of anilines is 1. The number of rotatable bonds is 4. The number of carbonyl (C=O) groups excluding carboxylic acids is 1. The summed E-state index contributed by atoms with van der Waals surface area (Å²) in [7, 11) is 1.80. The molecular weight excluding hydrogens is 254 g/mol. The van der Waals surface area contributed by atoms with Crippen molar-refractivity contribution in [3.8, 4) is 0 Å². The number of aromatic nitrogens is 2. The third kappa shape index (κ3) is 3.05. The van der Waals surface area contributed by atoms with Crippen LogP contribution in [0.2, 0.25) is 0 Å². The van der Waals surface area contributed by atoms with E-state index in [4.69, 9.17) is 0 Å². The number of benzene rings is 1. The van der Waals surface area contributed by atoms with Gasteiger partial charge in [-0.25, -0.2) is 0 Å². The lowest BCUT2D eigenvalue weighted by atomic mass is 10.1. The molecular formula is C15H19N3O2. The van der Waals surface area contributed by atoms with Crippen LogP contribution in [0.4, 0.5) is 5.69 Å². The second-order valence-electron chi connectivity index (χ2n) is 4.77. The predicted octanol–water partition coefficient (Wildman–Crippen LogP) is 2.29. The number of carbonyl (C=O) groups is 1. The third-order valence-electron chi connectivity index (χ3n) is 3.14. The molecule has 1 atom stereocenters. The summed E-state index contributed by atoms with van der Waals surface area (Å²) in [4.78, 5) is 12.2. The first-order valence-electron chi connectivity index (χ1n) is 6.63. The Morgan fingerprint density at radius 3 is 2.60 bits per heavy atom. The van der Waals surface area contributed by atoms with Crippen molar-refractivity contribution in [1.82, 2.24) is 9.78 Å². The highest BCUT2D eigenvalue weighted by atomic mass is 16.3. The van der Waals surface area contributed by atoms with Crippen LogP contribution in [0.3, 0.4) is 0 Å². The van der Waals surface area contributed by atoms with Crippen molar-refractivity contribution >= 4 is 11.6 Å². The maximum absolute atomic E-state index is 12.2. The van der Waals surface area contributed by atoms with Crippen LogP contribution in [-0.2, 0) is 13.5 Å². The van der Waals surface area contributed by atoms with Gasteiger partial charge in [-0.3, -0.25) is 9.48 Å². The van der Waals surface area contributed by atoms with Gasteiger partial charge in [-0.05, 0) is 31.0 Å². The second kappa shape index (κ2) is 5.88. The normalized spacial score (nSPS) is 12.2. The Bertz CT molecular complexity index is 600. The number of aliphatic hydroxyl groups is 1. The van der Waals surface area contributed by atoms with Gasteiger partial charge < -0.3 is 10.4 Å². The van der Waals surface area contributed by atoms with Gasteiger partial charge in [0.1, 0.15) is 0 Å². The molecule has 2 N–H and O–H groups in total. The topological polar surface area (TPSA) is 67.2 Å². The van der Waals surface area contributed by atoms with Crippen molar-refractivity contribution < 1.29 is 9.90 Å². The van der Waals surface area contributed by atoms with Crippen molar-refractivity contribution in [2.24, 2.45) is 7.05 Å². The lowest BCUT2D eigenvalue weighted by molar-refractivity contribution is 0.102. The molecule has 20 heavy (non-hydrogen) atoms. The van der Waals surface area contributed by atoms with Gasteiger partial charge in [-0.15, -0.1) is 0 Å². The molecule has 0 aliphatic rings. The highest BCUT2D eigenvalue weighted by Crippen LogP contribution is 2.17. The van der Waals surface area contributed by atoms with Crippen LogP contribution in [0.15, 0.2) is 30.5 Å². The lowest BCUT2D eigenvalue weighted by Gasteiger charge is -2.07. The molecule has 1 unspecified atom stereocenters. The first kappa shape index (κ1) is 14.3. The molecule has 0 aliphatic heterocycles. The van der Waals surface area contributed by atoms with Crippen LogP contribution in [0.1, 0.15) is 41.6 Å². The van der Waals surface area contributed by atoms with Crippen LogP contribution in [0.5, 0.6) is 0 Å². The SMILES string of the molecule is CCc1nn(C)cc1C(=O)Nc1ccc(C(C)O)cc1. The van der Waals surface area contributed by atoms with Crippen LogP contribution in [0.25, 0.3) is 0 Å². The first-order valence-corrected chi connectivity index (χ1v) is 6.63. The van der Waals surface area contributed by atoms with Crippen LogP contribution < -0.4 is 5.32 Å². The minimum atomic E-state index is -0.509. The van der Waals surface area contributed by atoms with E-state index in [9.17, 15) is 9.90 Å². The average Bonchev–Trinajstić information content (AvgIpc) is 2.80. The molecule has 0 saturated carbocycles. The van der Waals surface area contributed by atoms with Gasteiger partial charge in [0.2, 0.25) is 0 Å². The molecule has 0 aliphatic carbocycles. The third-order valence-corrected chi connectivity index (χ3v) is 3.14. The number of nitrogens with one attached hydrogen (secondary N) is 1. The van der Waals surface area contributed by atoms with E-state index < -0.39 is 6.10 Å². The Morgan fingerprint density at radius 1 is 1.40 bits per heavy atom. The van der Waals surface area contributed by atoms with Crippen LogP contribution in [0, 0.1) is 0 Å². The summed E-state index contributed by atoms with van der Waals surface area (Å²) < 4.78 is 1.64. The zero-order chi connectivity index (χ0) is 14.7. The summed E-state index contributed by atoms with van der Waals surface area (Å²) in [6.07, 6.45) is 1.92. The molecule has 0 bridgehead atoms. The largest absolute Gasteiger partial charge is 0.389 e. The fourth-order valence-electron chi connectivity index (χ4n) is 2.03. The van der Waals surface area contributed by atoms with Crippen molar-refractivity contribution in [2.75, 3.05) is 5.32 Å². The molecule has 0 radical (unpaired) electrons. The van der Waals surface area contributed by atoms with E-state index in [0.717, 1.165) is 11.3 Å². The van der Waals surface area contributed by atoms with E-state index >= 15 is 0 Å². The zero-order valence-corrected chi connectivity index (χ0v) is 11.9. The molecule has 1 aromatic carbocycles. The van der Waals surface area contributed by atoms with Crippen molar-refractivity contribution in [3.63, 3.8) is 0 Å². The Balaban J connectivity index is 2.14. The maximum Gasteiger partial charge on any atom is 0.259 e. The van der Waals surface area contributed by atoms with Gasteiger partial charge in [0, 0.05) is 18.9 Å². The van der Waals surface area contributed by atoms with E-state index in [2.05, 4.69) is 10.4 Å². The zero-order valence-electron chi connectivity index (χ0n) is 11.9. The first-order chi connectivity index (χ1) is 9.51. The number of aryl methyl sites for hydroxylation is 2. The molecule has 5 heteroatoms. The van der Waals surface area contributed by atoms with Gasteiger partial charge in [-0.2, -0.15) is 5.10 Å². The molecule has 0 spiro atoms. The highest BCUT2D eigenvalue weighted by Gasteiger charge is 2.14. The Morgan fingerprint density at radius 2 is 2.05 bits per heavy atom. The fourth-order valence-corrected chi connectivity index (χ4v) is 2.03. The quantitative estimate of drug-likeness (QED) is 0.898. The van der Waals surface area contributed by atoms with E-state index in [1.165, 1.54) is 0 Å². The van der Waals surface area contributed by atoms with Crippen molar-refractivity contribution in [1.29, 1.82) is 0 Å². The molecule has 1 aromatic heterocycles. The summed E-state index contributed by atoms with van der Waals surface area (Å²) in [5.41, 5.74) is 2.89. The molecule has 2 rings (SSSR count). The summed E-state index contributed by atoms with van der Waals surface area (Å²) in [5, 5.41) is 16.5. The number of hydrogen-bond donors (Lipinski definition) is 2. The van der Waals surface area contributed by atoms with E-state index in [0.29, 0.717) is 17.7 Å². The number of nitrogens with zero attached hydrogens (tertiary/aromatic N) is 2. The minimum Gasteiger partial charge on any atom is -0.389 e. The predicted molar refractivity (Wildman–Crippen MR) is 77.6 cm³/mol. The van der Waals surface area contributed by atoms with Gasteiger partial charge in [0.25, 0.3) is 5.91 Å². The van der Waals surface area contributed by atoms with Gasteiger partial charge >= 0.3 is 0 Å². The van der Waals surface area contributed by atoms with Gasteiger partial charge in [0.15, 0.2) is 0 Å². The smallest absolute Gasteiger partial charge is 0.259 e. The minimum absolute atomic E-state index is 0.167. The number of amides is 1. The van der Waals surface area contributed by atoms with E-state index in [1.54, 1.807) is 49.1 Å².